The summed E-state index contributed by atoms with van der Waals surface area (Å²) in [5.74, 6) is 0. The molecule has 0 aromatic heterocycles. The molecule has 4 heteroatoms. The summed E-state index contributed by atoms with van der Waals surface area (Å²) < 4.78 is 0. The van der Waals surface area contributed by atoms with Crippen LogP contribution in [-0.4, -0.2) is 29.9 Å². The maximum Gasteiger partial charge on any atom is 0.0992 e. The Morgan fingerprint density at radius 1 is 1.41 bits per heavy atom. The van der Waals surface area contributed by atoms with Crippen molar-refractivity contribution in [3.63, 3.8) is 0 Å². The average molecular weight is 234 g/mol. The molecule has 0 fully saturated rings. The Labute approximate surface area is 102 Å². The molecule has 0 aliphatic heterocycles. The van der Waals surface area contributed by atoms with Crippen LogP contribution in [0.5, 0.6) is 0 Å². The molecule has 0 amide bonds. The zero-order chi connectivity index (χ0) is 13.0. The maximum atomic E-state index is 9.70. The van der Waals surface area contributed by atoms with Gasteiger partial charge in [0.25, 0.3) is 0 Å². The number of nitrogens with zero attached hydrogens (tertiary/aromatic N) is 2. The van der Waals surface area contributed by atoms with Crippen LogP contribution < -0.4 is 4.90 Å². The first-order valence-electron chi connectivity index (χ1n) is 5.57. The van der Waals surface area contributed by atoms with Crippen molar-refractivity contribution in [1.82, 2.24) is 0 Å². The Morgan fingerprint density at radius 2 is 2.06 bits per heavy atom. The zero-order valence-corrected chi connectivity index (χ0v) is 10.4. The molecule has 1 aromatic rings. The first-order chi connectivity index (χ1) is 8.01. The first kappa shape index (κ1) is 13.5. The van der Waals surface area contributed by atoms with Crippen molar-refractivity contribution in [1.29, 1.82) is 5.26 Å². The van der Waals surface area contributed by atoms with Crippen LogP contribution in [0.25, 0.3) is 0 Å². The molecule has 92 valence electrons. The van der Waals surface area contributed by atoms with Gasteiger partial charge in [-0.25, -0.2) is 0 Å². The van der Waals surface area contributed by atoms with Crippen LogP contribution in [-0.2, 0) is 0 Å². The minimum Gasteiger partial charge on any atom is -0.394 e. The molecule has 0 radical (unpaired) electrons. The predicted octanol–water partition coefficient (Wildman–Crippen LogP) is 1.43. The van der Waals surface area contributed by atoms with Gasteiger partial charge in [-0.05, 0) is 26.0 Å². The highest BCUT2D eigenvalue weighted by atomic mass is 16.3. The SMILES string of the molecule is CC(O)c1ccc(C#N)cc1N(C)C(C)CO. The molecule has 0 saturated carbocycles. The number of aliphatic hydroxyl groups is 2. The number of benzene rings is 1. The van der Waals surface area contributed by atoms with Gasteiger partial charge in [-0.3, -0.25) is 0 Å². The topological polar surface area (TPSA) is 67.5 Å². The molecule has 1 aromatic carbocycles. The number of aliphatic hydroxyl groups excluding tert-OH is 2. The normalized spacial score (nSPS) is 13.9. The van der Waals surface area contributed by atoms with Gasteiger partial charge in [0.2, 0.25) is 0 Å². The van der Waals surface area contributed by atoms with E-state index in [0.717, 1.165) is 11.3 Å². The summed E-state index contributed by atoms with van der Waals surface area (Å²) >= 11 is 0. The van der Waals surface area contributed by atoms with Gasteiger partial charge in [-0.15, -0.1) is 0 Å². The molecule has 2 atom stereocenters. The van der Waals surface area contributed by atoms with Gasteiger partial charge in [0.1, 0.15) is 0 Å². The fourth-order valence-electron chi connectivity index (χ4n) is 1.63. The van der Waals surface area contributed by atoms with E-state index in [1.165, 1.54) is 0 Å². The molecule has 0 saturated heterocycles. The summed E-state index contributed by atoms with van der Waals surface area (Å²) in [4.78, 5) is 1.86. The molecule has 0 aliphatic carbocycles. The van der Waals surface area contributed by atoms with Crippen molar-refractivity contribution >= 4 is 5.69 Å². The first-order valence-corrected chi connectivity index (χ1v) is 5.57. The van der Waals surface area contributed by atoms with Gasteiger partial charge < -0.3 is 15.1 Å². The molecular weight excluding hydrogens is 216 g/mol. The molecule has 2 unspecified atom stereocenters. The minimum absolute atomic E-state index is 0.0204. The van der Waals surface area contributed by atoms with Crippen molar-refractivity contribution in [3.8, 4) is 6.07 Å². The van der Waals surface area contributed by atoms with E-state index in [4.69, 9.17) is 10.4 Å². The third kappa shape index (κ3) is 2.96. The zero-order valence-electron chi connectivity index (χ0n) is 10.4. The lowest BCUT2D eigenvalue weighted by atomic mass is 10.0. The van der Waals surface area contributed by atoms with E-state index in [1.54, 1.807) is 25.1 Å². The number of anilines is 1. The van der Waals surface area contributed by atoms with Crippen LogP contribution in [0.3, 0.4) is 0 Å². The minimum atomic E-state index is -0.605. The summed E-state index contributed by atoms with van der Waals surface area (Å²) in [6.45, 7) is 3.58. The second kappa shape index (κ2) is 5.67. The largest absolute Gasteiger partial charge is 0.394 e. The monoisotopic (exact) mass is 234 g/mol. The Hall–Kier alpha value is -1.57. The van der Waals surface area contributed by atoms with Crippen molar-refractivity contribution in [3.05, 3.63) is 29.3 Å². The van der Waals surface area contributed by atoms with Gasteiger partial charge in [0, 0.05) is 24.3 Å². The van der Waals surface area contributed by atoms with Crippen molar-refractivity contribution in [2.75, 3.05) is 18.6 Å². The standard InChI is InChI=1S/C13H18N2O2/c1-9(8-16)15(3)13-6-11(7-14)4-5-12(13)10(2)17/h4-6,9-10,16-17H,8H2,1-3H3. The molecule has 2 N–H and O–H groups in total. The molecule has 0 spiro atoms. The van der Waals surface area contributed by atoms with Gasteiger partial charge in [-0.1, -0.05) is 6.07 Å². The fraction of sp³-hybridized carbons (Fsp3) is 0.462. The Kier molecular flexibility index (Phi) is 4.50. The Bertz CT molecular complexity index is 424. The lowest BCUT2D eigenvalue weighted by Gasteiger charge is -2.28. The second-order valence-corrected chi connectivity index (χ2v) is 4.20. The van der Waals surface area contributed by atoms with Crippen LogP contribution in [0.2, 0.25) is 0 Å². The van der Waals surface area contributed by atoms with Crippen molar-refractivity contribution in [2.45, 2.75) is 26.0 Å². The average Bonchev–Trinajstić information content (AvgIpc) is 2.35. The Balaban J connectivity index is 3.22. The highest BCUT2D eigenvalue weighted by molar-refractivity contribution is 5.58. The van der Waals surface area contributed by atoms with E-state index in [9.17, 15) is 5.11 Å². The third-order valence-corrected chi connectivity index (χ3v) is 2.91. The van der Waals surface area contributed by atoms with Gasteiger partial charge >= 0.3 is 0 Å². The number of rotatable bonds is 4. The van der Waals surface area contributed by atoms with Gasteiger partial charge in [0.05, 0.1) is 24.3 Å². The highest BCUT2D eigenvalue weighted by Crippen LogP contribution is 2.28. The van der Waals surface area contributed by atoms with Crippen molar-refractivity contribution in [2.24, 2.45) is 0 Å². The molecule has 0 aliphatic rings. The summed E-state index contributed by atoms with van der Waals surface area (Å²) in [7, 11) is 1.84. The second-order valence-electron chi connectivity index (χ2n) is 4.20. The maximum absolute atomic E-state index is 9.70. The van der Waals surface area contributed by atoms with Crippen LogP contribution in [0.15, 0.2) is 18.2 Å². The summed E-state index contributed by atoms with van der Waals surface area (Å²) in [6, 6.07) is 7.17. The van der Waals surface area contributed by atoms with E-state index in [-0.39, 0.29) is 12.6 Å². The quantitative estimate of drug-likeness (QED) is 0.827. The Morgan fingerprint density at radius 3 is 2.53 bits per heavy atom. The third-order valence-electron chi connectivity index (χ3n) is 2.91. The van der Waals surface area contributed by atoms with E-state index >= 15 is 0 Å². The van der Waals surface area contributed by atoms with E-state index < -0.39 is 6.10 Å². The molecule has 0 bridgehead atoms. The summed E-state index contributed by atoms with van der Waals surface area (Å²) in [6.07, 6.45) is -0.605. The van der Waals surface area contributed by atoms with E-state index in [0.29, 0.717) is 5.56 Å². The number of hydrogen-bond donors (Lipinski definition) is 2. The lowest BCUT2D eigenvalue weighted by molar-refractivity contribution is 0.199. The van der Waals surface area contributed by atoms with Crippen molar-refractivity contribution < 1.29 is 10.2 Å². The molecule has 17 heavy (non-hydrogen) atoms. The predicted molar refractivity (Wildman–Crippen MR) is 66.7 cm³/mol. The van der Waals surface area contributed by atoms with Gasteiger partial charge in [0.15, 0.2) is 0 Å². The van der Waals surface area contributed by atoms with Crippen LogP contribution in [0, 0.1) is 11.3 Å². The van der Waals surface area contributed by atoms with Gasteiger partial charge in [-0.2, -0.15) is 5.26 Å². The van der Waals surface area contributed by atoms with E-state index in [2.05, 4.69) is 6.07 Å². The number of likely N-dealkylation sites (N-methyl/N-ethyl adjacent to an activating group) is 1. The van der Waals surface area contributed by atoms with E-state index in [1.807, 2.05) is 18.9 Å². The molecule has 1 rings (SSSR count). The highest BCUT2D eigenvalue weighted by Gasteiger charge is 2.16. The smallest absolute Gasteiger partial charge is 0.0992 e. The van der Waals surface area contributed by atoms with Crippen LogP contribution in [0.1, 0.15) is 31.1 Å². The molecule has 4 nitrogen and oxygen atoms in total. The van der Waals surface area contributed by atoms with Crippen LogP contribution in [0.4, 0.5) is 5.69 Å². The lowest BCUT2D eigenvalue weighted by Crippen LogP contribution is -2.32. The fourth-order valence-corrected chi connectivity index (χ4v) is 1.63. The summed E-state index contributed by atoms with van der Waals surface area (Å²) in [5, 5.41) is 27.7. The summed E-state index contributed by atoms with van der Waals surface area (Å²) in [5.41, 5.74) is 2.08. The molecular formula is C13H18N2O2. The molecule has 0 heterocycles. The number of hydrogen-bond acceptors (Lipinski definition) is 4. The van der Waals surface area contributed by atoms with Crippen LogP contribution >= 0.6 is 0 Å². The number of nitriles is 1.